The van der Waals surface area contributed by atoms with E-state index in [1.54, 1.807) is 24.3 Å². The van der Waals surface area contributed by atoms with Gasteiger partial charge in [-0.1, -0.05) is 30.2 Å². The monoisotopic (exact) mass is 371 g/mol. The first-order valence-electron chi connectivity index (χ1n) is 8.58. The van der Waals surface area contributed by atoms with Crippen LogP contribution in [0, 0.1) is 13.8 Å². The van der Waals surface area contributed by atoms with Gasteiger partial charge in [-0.3, -0.25) is 0 Å². The highest BCUT2D eigenvalue weighted by molar-refractivity contribution is 5.89. The molecule has 0 spiro atoms. The molecular formula is C19H21N3O5. The molecule has 0 unspecified atom stereocenters. The highest BCUT2D eigenvalue weighted by Crippen LogP contribution is 2.19. The van der Waals surface area contributed by atoms with Gasteiger partial charge in [0, 0.05) is 5.92 Å². The Morgan fingerprint density at radius 3 is 2.63 bits per heavy atom. The van der Waals surface area contributed by atoms with Crippen molar-refractivity contribution >= 4 is 5.97 Å². The number of nitrogens with zero attached hydrogens (tertiary/aromatic N) is 3. The second-order valence-corrected chi connectivity index (χ2v) is 6.40. The standard InChI is InChI=1S/C19H21N3O5/c1-11(2)18-20-17(27-22-18)10-25-19(23)14-6-5-7-15(8-14)24-9-16-12(3)21-26-13(16)4/h5-8,11H,9-10H2,1-4H3. The molecule has 0 amide bonds. The predicted octanol–water partition coefficient (Wildman–Crippen LogP) is 3.73. The van der Waals surface area contributed by atoms with E-state index in [1.807, 2.05) is 27.7 Å². The van der Waals surface area contributed by atoms with E-state index in [-0.39, 0.29) is 18.4 Å². The van der Waals surface area contributed by atoms with Crippen molar-refractivity contribution in [1.29, 1.82) is 0 Å². The maximum absolute atomic E-state index is 12.3. The molecule has 0 fully saturated rings. The summed E-state index contributed by atoms with van der Waals surface area (Å²) in [7, 11) is 0. The molecule has 142 valence electrons. The van der Waals surface area contributed by atoms with Crippen molar-refractivity contribution in [2.75, 3.05) is 0 Å². The van der Waals surface area contributed by atoms with Crippen molar-refractivity contribution in [2.24, 2.45) is 0 Å². The Labute approximate surface area is 156 Å². The fourth-order valence-electron chi connectivity index (χ4n) is 2.35. The van der Waals surface area contributed by atoms with Gasteiger partial charge in [0.1, 0.15) is 18.1 Å². The summed E-state index contributed by atoms with van der Waals surface area (Å²) in [6, 6.07) is 6.76. The van der Waals surface area contributed by atoms with Crippen LogP contribution < -0.4 is 4.74 Å². The predicted molar refractivity (Wildman–Crippen MR) is 94.3 cm³/mol. The van der Waals surface area contributed by atoms with Crippen LogP contribution in [0.25, 0.3) is 0 Å². The number of ether oxygens (including phenoxy) is 2. The van der Waals surface area contributed by atoms with Crippen molar-refractivity contribution < 1.29 is 23.3 Å². The maximum atomic E-state index is 12.3. The molecule has 0 radical (unpaired) electrons. The van der Waals surface area contributed by atoms with Gasteiger partial charge in [0.05, 0.1) is 16.8 Å². The molecule has 3 aromatic rings. The Hall–Kier alpha value is -3.16. The van der Waals surface area contributed by atoms with Gasteiger partial charge in [-0.2, -0.15) is 4.98 Å². The largest absolute Gasteiger partial charge is 0.489 e. The summed E-state index contributed by atoms with van der Waals surface area (Å²) in [6.45, 7) is 7.81. The number of rotatable bonds is 7. The van der Waals surface area contributed by atoms with Crippen LogP contribution in [0.4, 0.5) is 0 Å². The fraction of sp³-hybridized carbons (Fsp3) is 0.368. The lowest BCUT2D eigenvalue weighted by Crippen LogP contribution is -2.06. The molecule has 0 aliphatic rings. The van der Waals surface area contributed by atoms with E-state index >= 15 is 0 Å². The van der Waals surface area contributed by atoms with E-state index in [9.17, 15) is 4.79 Å². The van der Waals surface area contributed by atoms with Crippen LogP contribution in [0.5, 0.6) is 5.75 Å². The minimum Gasteiger partial charge on any atom is -0.489 e. The van der Waals surface area contributed by atoms with Gasteiger partial charge >= 0.3 is 5.97 Å². The fourth-order valence-corrected chi connectivity index (χ4v) is 2.35. The van der Waals surface area contributed by atoms with E-state index in [4.69, 9.17) is 18.5 Å². The van der Waals surface area contributed by atoms with E-state index in [0.29, 0.717) is 29.5 Å². The number of hydrogen-bond donors (Lipinski definition) is 0. The van der Waals surface area contributed by atoms with Gasteiger partial charge in [-0.15, -0.1) is 0 Å². The highest BCUT2D eigenvalue weighted by Gasteiger charge is 2.14. The Balaban J connectivity index is 1.59. The first-order chi connectivity index (χ1) is 12.9. The minimum atomic E-state index is -0.498. The van der Waals surface area contributed by atoms with Gasteiger partial charge in [0.2, 0.25) is 0 Å². The Bertz CT molecular complexity index is 910. The van der Waals surface area contributed by atoms with Gasteiger partial charge in [-0.25, -0.2) is 4.79 Å². The third kappa shape index (κ3) is 4.52. The SMILES string of the molecule is Cc1noc(C)c1COc1cccc(C(=O)OCc2nc(C(C)C)no2)c1. The molecular weight excluding hydrogens is 350 g/mol. The molecule has 27 heavy (non-hydrogen) atoms. The molecule has 0 N–H and O–H groups in total. The van der Waals surface area contributed by atoms with Crippen LogP contribution >= 0.6 is 0 Å². The summed E-state index contributed by atoms with van der Waals surface area (Å²) in [4.78, 5) is 16.4. The van der Waals surface area contributed by atoms with Crippen molar-refractivity contribution in [3.8, 4) is 5.75 Å². The van der Waals surface area contributed by atoms with E-state index in [0.717, 1.165) is 11.3 Å². The summed E-state index contributed by atoms with van der Waals surface area (Å²) in [5.41, 5.74) is 2.04. The van der Waals surface area contributed by atoms with Crippen LogP contribution in [0.1, 0.15) is 58.9 Å². The zero-order valence-electron chi connectivity index (χ0n) is 15.7. The van der Waals surface area contributed by atoms with Crippen molar-refractivity contribution in [2.45, 2.75) is 46.8 Å². The van der Waals surface area contributed by atoms with E-state index < -0.39 is 5.97 Å². The van der Waals surface area contributed by atoms with Gasteiger partial charge in [0.15, 0.2) is 12.4 Å². The summed E-state index contributed by atoms with van der Waals surface area (Å²) in [5, 5.41) is 7.72. The topological polar surface area (TPSA) is 100 Å². The zero-order chi connectivity index (χ0) is 19.4. The summed E-state index contributed by atoms with van der Waals surface area (Å²) >= 11 is 0. The summed E-state index contributed by atoms with van der Waals surface area (Å²) in [5.74, 6) is 1.74. The average molecular weight is 371 g/mol. The lowest BCUT2D eigenvalue weighted by Gasteiger charge is -2.07. The molecule has 0 bridgehead atoms. The number of aromatic nitrogens is 3. The molecule has 3 rings (SSSR count). The van der Waals surface area contributed by atoms with E-state index in [1.165, 1.54) is 0 Å². The number of carbonyl (C=O) groups is 1. The molecule has 2 heterocycles. The molecule has 1 aromatic carbocycles. The first-order valence-corrected chi connectivity index (χ1v) is 8.58. The molecule has 0 saturated carbocycles. The molecule has 2 aromatic heterocycles. The maximum Gasteiger partial charge on any atom is 0.338 e. The average Bonchev–Trinajstić information content (AvgIpc) is 3.25. The van der Waals surface area contributed by atoms with Crippen molar-refractivity contribution in [1.82, 2.24) is 15.3 Å². The van der Waals surface area contributed by atoms with Gasteiger partial charge in [-0.05, 0) is 32.0 Å². The smallest absolute Gasteiger partial charge is 0.338 e. The number of carbonyl (C=O) groups excluding carboxylic acids is 1. The van der Waals surface area contributed by atoms with Crippen LogP contribution in [0.2, 0.25) is 0 Å². The molecule has 0 aliphatic carbocycles. The first kappa shape index (κ1) is 18.6. The number of benzene rings is 1. The lowest BCUT2D eigenvalue weighted by molar-refractivity contribution is 0.0429. The number of esters is 1. The molecule has 0 aliphatic heterocycles. The normalized spacial score (nSPS) is 11.0. The molecule has 0 saturated heterocycles. The number of hydrogen-bond acceptors (Lipinski definition) is 8. The molecule has 0 atom stereocenters. The van der Waals surface area contributed by atoms with Crippen LogP contribution in [0.15, 0.2) is 33.3 Å². The Kier molecular flexibility index (Phi) is 5.54. The van der Waals surface area contributed by atoms with Gasteiger partial charge in [0.25, 0.3) is 5.89 Å². The van der Waals surface area contributed by atoms with Crippen molar-refractivity contribution in [3.05, 3.63) is 58.6 Å². The highest BCUT2D eigenvalue weighted by atomic mass is 16.6. The summed E-state index contributed by atoms with van der Waals surface area (Å²) in [6.07, 6.45) is 0. The Morgan fingerprint density at radius 1 is 1.15 bits per heavy atom. The third-order valence-electron chi connectivity index (χ3n) is 3.96. The Morgan fingerprint density at radius 2 is 1.96 bits per heavy atom. The lowest BCUT2D eigenvalue weighted by atomic mass is 10.2. The van der Waals surface area contributed by atoms with Crippen LogP contribution in [0.3, 0.4) is 0 Å². The van der Waals surface area contributed by atoms with Crippen LogP contribution in [-0.2, 0) is 18.0 Å². The zero-order valence-corrected chi connectivity index (χ0v) is 15.7. The number of aryl methyl sites for hydroxylation is 2. The van der Waals surface area contributed by atoms with Crippen LogP contribution in [-0.4, -0.2) is 21.3 Å². The second-order valence-electron chi connectivity index (χ2n) is 6.40. The van der Waals surface area contributed by atoms with E-state index in [2.05, 4.69) is 15.3 Å². The molecule has 8 heteroatoms. The van der Waals surface area contributed by atoms with Crippen molar-refractivity contribution in [3.63, 3.8) is 0 Å². The quantitative estimate of drug-likeness (QED) is 0.579. The summed E-state index contributed by atoms with van der Waals surface area (Å²) < 4.78 is 21.2. The van der Waals surface area contributed by atoms with Gasteiger partial charge < -0.3 is 18.5 Å². The molecule has 8 nitrogen and oxygen atoms in total. The second kappa shape index (κ2) is 8.03. The third-order valence-corrected chi connectivity index (χ3v) is 3.96. The minimum absolute atomic E-state index is 0.0806.